The molecule has 0 aliphatic carbocycles. The largest absolute Gasteiger partial charge is 0.468 e. The Morgan fingerprint density at radius 3 is 3.04 bits per heavy atom. The molecule has 3 heterocycles. The summed E-state index contributed by atoms with van der Waals surface area (Å²) < 4.78 is 10.7. The number of furan rings is 1. The molecule has 6 nitrogen and oxygen atoms in total. The third kappa shape index (κ3) is 4.06. The number of nitrogens with zero attached hydrogens (tertiary/aromatic N) is 3. The van der Waals surface area contributed by atoms with Crippen LogP contribution in [0.15, 0.2) is 33.4 Å². The van der Waals surface area contributed by atoms with Gasteiger partial charge >= 0.3 is 0 Å². The zero-order valence-electron chi connectivity index (χ0n) is 14.4. The third-order valence-corrected chi connectivity index (χ3v) is 4.55. The number of hydrogen-bond donors (Lipinski definition) is 0. The van der Waals surface area contributed by atoms with Gasteiger partial charge in [0.05, 0.1) is 31.0 Å². The second-order valence-electron chi connectivity index (χ2n) is 6.49. The summed E-state index contributed by atoms with van der Waals surface area (Å²) in [4.78, 5) is 16.8. The Morgan fingerprint density at radius 2 is 2.33 bits per heavy atom. The summed E-state index contributed by atoms with van der Waals surface area (Å²) in [5.74, 6) is 1.90. The van der Waals surface area contributed by atoms with E-state index in [0.717, 1.165) is 56.1 Å². The number of aromatic nitrogens is 1. The molecule has 0 spiro atoms. The van der Waals surface area contributed by atoms with Crippen molar-refractivity contribution in [2.75, 3.05) is 20.1 Å². The summed E-state index contributed by atoms with van der Waals surface area (Å²) in [6.07, 6.45) is 4.50. The number of amides is 1. The van der Waals surface area contributed by atoms with Gasteiger partial charge in [0, 0.05) is 19.7 Å². The molecule has 0 bridgehead atoms. The van der Waals surface area contributed by atoms with Gasteiger partial charge in [0.15, 0.2) is 5.76 Å². The first-order valence-corrected chi connectivity index (χ1v) is 8.60. The molecule has 0 saturated carbocycles. The van der Waals surface area contributed by atoms with Crippen LogP contribution in [-0.2, 0) is 24.3 Å². The van der Waals surface area contributed by atoms with Crippen LogP contribution in [0.4, 0.5) is 0 Å². The third-order valence-electron chi connectivity index (χ3n) is 4.55. The van der Waals surface area contributed by atoms with Gasteiger partial charge in [-0.25, -0.2) is 0 Å². The molecule has 1 atom stereocenters. The van der Waals surface area contributed by atoms with Gasteiger partial charge in [-0.05, 0) is 37.9 Å². The van der Waals surface area contributed by atoms with Crippen molar-refractivity contribution in [3.05, 3.63) is 41.7 Å². The van der Waals surface area contributed by atoms with Crippen molar-refractivity contribution >= 4 is 5.91 Å². The lowest BCUT2D eigenvalue weighted by Gasteiger charge is -2.33. The number of carbonyl (C=O) groups excluding carboxylic acids is 1. The fraction of sp³-hybridized carbons (Fsp3) is 0.556. The monoisotopic (exact) mass is 331 g/mol. The second kappa shape index (κ2) is 7.66. The van der Waals surface area contributed by atoms with Crippen LogP contribution in [0.2, 0.25) is 0 Å². The van der Waals surface area contributed by atoms with E-state index in [1.165, 1.54) is 0 Å². The maximum Gasteiger partial charge on any atom is 0.227 e. The molecule has 1 aliphatic rings. The Morgan fingerprint density at radius 1 is 1.46 bits per heavy atom. The molecular weight excluding hydrogens is 306 g/mol. The van der Waals surface area contributed by atoms with Gasteiger partial charge in [-0.15, -0.1) is 0 Å². The van der Waals surface area contributed by atoms with Crippen molar-refractivity contribution < 1.29 is 13.7 Å². The first kappa shape index (κ1) is 16.8. The Kier molecular flexibility index (Phi) is 5.35. The van der Waals surface area contributed by atoms with Crippen molar-refractivity contribution in [1.29, 1.82) is 0 Å². The lowest BCUT2D eigenvalue weighted by Crippen LogP contribution is -2.43. The van der Waals surface area contributed by atoms with Crippen LogP contribution in [0.25, 0.3) is 0 Å². The van der Waals surface area contributed by atoms with Gasteiger partial charge in [-0.1, -0.05) is 12.1 Å². The van der Waals surface area contributed by atoms with E-state index >= 15 is 0 Å². The normalized spacial score (nSPS) is 18.7. The van der Waals surface area contributed by atoms with Crippen molar-refractivity contribution in [2.24, 2.45) is 5.92 Å². The van der Waals surface area contributed by atoms with Gasteiger partial charge in [0.2, 0.25) is 5.91 Å². The summed E-state index contributed by atoms with van der Waals surface area (Å²) >= 11 is 0. The molecular formula is C18H25N3O3. The van der Waals surface area contributed by atoms with Crippen molar-refractivity contribution in [1.82, 2.24) is 15.0 Å². The number of carbonyl (C=O) groups is 1. The lowest BCUT2D eigenvalue weighted by atomic mass is 9.96. The molecule has 1 amide bonds. The molecule has 1 aliphatic heterocycles. The Hall–Kier alpha value is -2.08. The standard InChI is InChI=1S/C18H25N3O3/c1-3-15-10-17(24-19-15)12-20(2)18(22)14-6-4-8-21(11-14)13-16-7-5-9-23-16/h5,7,9-10,14H,3-4,6,8,11-13H2,1-2H3. The minimum absolute atomic E-state index is 0.0345. The molecule has 1 unspecified atom stereocenters. The van der Waals surface area contributed by atoms with Crippen LogP contribution < -0.4 is 0 Å². The summed E-state index contributed by atoms with van der Waals surface area (Å²) in [6, 6.07) is 5.80. The van der Waals surface area contributed by atoms with E-state index in [2.05, 4.69) is 10.1 Å². The minimum Gasteiger partial charge on any atom is -0.468 e. The highest BCUT2D eigenvalue weighted by atomic mass is 16.5. The van der Waals surface area contributed by atoms with Crippen molar-refractivity contribution in [3.8, 4) is 0 Å². The summed E-state index contributed by atoms with van der Waals surface area (Å²) in [5, 5.41) is 3.98. The first-order valence-electron chi connectivity index (χ1n) is 8.60. The molecule has 24 heavy (non-hydrogen) atoms. The van der Waals surface area contributed by atoms with Crippen LogP contribution in [0, 0.1) is 5.92 Å². The zero-order valence-corrected chi connectivity index (χ0v) is 14.4. The summed E-state index contributed by atoms with van der Waals surface area (Å²) in [5.41, 5.74) is 0.924. The van der Waals surface area contributed by atoms with Gasteiger partial charge < -0.3 is 13.8 Å². The van der Waals surface area contributed by atoms with Crippen molar-refractivity contribution in [3.63, 3.8) is 0 Å². The number of hydrogen-bond acceptors (Lipinski definition) is 5. The fourth-order valence-corrected chi connectivity index (χ4v) is 3.24. The highest BCUT2D eigenvalue weighted by Gasteiger charge is 2.28. The highest BCUT2D eigenvalue weighted by Crippen LogP contribution is 2.21. The van der Waals surface area contributed by atoms with Crippen LogP contribution in [0.3, 0.4) is 0 Å². The molecule has 1 fully saturated rings. The van der Waals surface area contributed by atoms with E-state index in [-0.39, 0.29) is 11.8 Å². The van der Waals surface area contributed by atoms with Gasteiger partial charge in [-0.2, -0.15) is 0 Å². The summed E-state index contributed by atoms with van der Waals surface area (Å²) in [6.45, 7) is 5.06. The van der Waals surface area contributed by atoms with E-state index in [9.17, 15) is 4.79 Å². The maximum atomic E-state index is 12.7. The Labute approximate surface area is 142 Å². The lowest BCUT2D eigenvalue weighted by molar-refractivity contribution is -0.137. The quantitative estimate of drug-likeness (QED) is 0.814. The van der Waals surface area contributed by atoms with Gasteiger partial charge in [0.25, 0.3) is 0 Å². The SMILES string of the molecule is CCc1cc(CN(C)C(=O)C2CCCN(Cc3ccco3)C2)on1. The molecule has 3 rings (SSSR count). The summed E-state index contributed by atoms with van der Waals surface area (Å²) in [7, 11) is 1.84. The minimum atomic E-state index is 0.0345. The van der Waals surface area contributed by atoms with Gasteiger partial charge in [0.1, 0.15) is 5.76 Å². The van der Waals surface area contributed by atoms with E-state index in [1.54, 1.807) is 11.2 Å². The van der Waals surface area contributed by atoms with E-state index in [0.29, 0.717) is 6.54 Å². The smallest absolute Gasteiger partial charge is 0.227 e. The van der Waals surface area contributed by atoms with E-state index < -0.39 is 0 Å². The average molecular weight is 331 g/mol. The maximum absolute atomic E-state index is 12.7. The van der Waals surface area contributed by atoms with Crippen LogP contribution >= 0.6 is 0 Å². The average Bonchev–Trinajstić information content (AvgIpc) is 3.26. The van der Waals surface area contributed by atoms with Crippen molar-refractivity contribution in [2.45, 2.75) is 39.3 Å². The number of aryl methyl sites for hydroxylation is 1. The van der Waals surface area contributed by atoms with E-state index in [1.807, 2.05) is 32.2 Å². The molecule has 2 aromatic heterocycles. The molecule has 0 radical (unpaired) electrons. The first-order chi connectivity index (χ1) is 11.7. The number of likely N-dealkylation sites (tertiary alicyclic amines) is 1. The molecule has 130 valence electrons. The fourth-order valence-electron chi connectivity index (χ4n) is 3.24. The molecule has 0 N–H and O–H groups in total. The van der Waals surface area contributed by atoms with Gasteiger partial charge in [-0.3, -0.25) is 9.69 Å². The Balaban J connectivity index is 1.54. The number of rotatable bonds is 6. The molecule has 6 heteroatoms. The Bertz CT molecular complexity index is 650. The van der Waals surface area contributed by atoms with E-state index in [4.69, 9.17) is 8.94 Å². The number of piperidine rings is 1. The second-order valence-corrected chi connectivity index (χ2v) is 6.49. The molecule has 2 aromatic rings. The van der Waals surface area contributed by atoms with Crippen LogP contribution in [0.5, 0.6) is 0 Å². The predicted octanol–water partition coefficient (Wildman–Crippen LogP) is 2.70. The topological polar surface area (TPSA) is 62.7 Å². The zero-order chi connectivity index (χ0) is 16.9. The molecule has 0 aromatic carbocycles. The predicted molar refractivity (Wildman–Crippen MR) is 89.1 cm³/mol. The molecule has 1 saturated heterocycles. The van der Waals surface area contributed by atoms with Crippen LogP contribution in [0.1, 0.15) is 37.0 Å². The van der Waals surface area contributed by atoms with Crippen LogP contribution in [-0.4, -0.2) is 41.0 Å². The highest BCUT2D eigenvalue weighted by molar-refractivity contribution is 5.78.